The van der Waals surface area contributed by atoms with Crippen molar-refractivity contribution in [2.24, 2.45) is 5.92 Å². The first-order chi connectivity index (χ1) is 16.5. The van der Waals surface area contributed by atoms with Gasteiger partial charge in [0.2, 0.25) is 0 Å². The lowest BCUT2D eigenvalue weighted by molar-refractivity contribution is 0.0632. The van der Waals surface area contributed by atoms with Gasteiger partial charge in [-0.25, -0.2) is 0 Å². The number of pyridine rings is 1. The first kappa shape index (κ1) is 23.1. The Hall–Kier alpha value is -2.71. The van der Waals surface area contributed by atoms with Crippen LogP contribution in [0.25, 0.3) is 21.8 Å². The number of H-pyrrole nitrogens is 1. The predicted octanol–water partition coefficient (Wildman–Crippen LogP) is 3.17. The summed E-state index contributed by atoms with van der Waals surface area (Å²) in [6.07, 6.45) is 7.55. The number of aromatic nitrogens is 3. The molecule has 1 amide bonds. The second kappa shape index (κ2) is 9.88. The van der Waals surface area contributed by atoms with E-state index in [9.17, 15) is 9.59 Å². The highest BCUT2D eigenvalue weighted by Crippen LogP contribution is 2.31. The zero-order valence-corrected chi connectivity index (χ0v) is 20.3. The molecule has 2 aromatic heterocycles. The molecule has 2 fully saturated rings. The van der Waals surface area contributed by atoms with Crippen LogP contribution in [0, 0.1) is 12.8 Å². The van der Waals surface area contributed by atoms with E-state index in [0.29, 0.717) is 16.9 Å². The summed E-state index contributed by atoms with van der Waals surface area (Å²) in [5.74, 6) is 0.692. The van der Waals surface area contributed by atoms with E-state index in [1.165, 1.54) is 19.3 Å². The Morgan fingerprint density at radius 3 is 2.65 bits per heavy atom. The number of methoxy groups -OCH3 is 1. The Morgan fingerprint density at radius 1 is 1.15 bits per heavy atom. The maximum absolute atomic E-state index is 13.5. The number of hydrogen-bond donors (Lipinski definition) is 1. The molecule has 1 aromatic carbocycles. The molecule has 34 heavy (non-hydrogen) atoms. The monoisotopic (exact) mass is 465 g/mol. The third kappa shape index (κ3) is 4.49. The second-order valence-corrected chi connectivity index (χ2v) is 9.89. The highest BCUT2D eigenvalue weighted by molar-refractivity contribution is 6.07. The van der Waals surface area contributed by atoms with Crippen LogP contribution in [-0.2, 0) is 11.3 Å². The van der Waals surface area contributed by atoms with E-state index in [1.807, 2.05) is 28.6 Å². The van der Waals surface area contributed by atoms with Crippen LogP contribution in [0.3, 0.4) is 0 Å². The number of aromatic amines is 1. The molecule has 0 bridgehead atoms. The molecule has 8 heteroatoms. The van der Waals surface area contributed by atoms with Crippen molar-refractivity contribution in [3.05, 3.63) is 39.8 Å². The quantitative estimate of drug-likeness (QED) is 0.517. The standard InChI is InChI=1S/C26H35N5O3/c1-18-14-23-21(24-22(25(32)28-23)16-27-31(24)17-19-6-5-7-19)15-20(18)26(33)30-11-9-29(10-12-30)8-3-4-13-34-2/h14-16,19H,3-13,17H2,1-2H3,(H,28,32). The van der Waals surface area contributed by atoms with Gasteiger partial charge in [0.25, 0.3) is 11.5 Å². The van der Waals surface area contributed by atoms with Gasteiger partial charge < -0.3 is 14.6 Å². The zero-order valence-electron chi connectivity index (χ0n) is 20.3. The number of unbranched alkanes of at least 4 members (excludes halogenated alkanes) is 1. The smallest absolute Gasteiger partial charge is 0.259 e. The third-order valence-corrected chi connectivity index (χ3v) is 7.57. The van der Waals surface area contributed by atoms with Crippen LogP contribution in [0.2, 0.25) is 0 Å². The molecule has 1 saturated carbocycles. The van der Waals surface area contributed by atoms with E-state index in [2.05, 4.69) is 15.0 Å². The van der Waals surface area contributed by atoms with E-state index >= 15 is 0 Å². The predicted molar refractivity (Wildman–Crippen MR) is 133 cm³/mol. The number of ether oxygens (including phenoxy) is 1. The number of benzene rings is 1. The Kier molecular flexibility index (Phi) is 6.70. The Labute approximate surface area is 199 Å². The van der Waals surface area contributed by atoms with Gasteiger partial charge in [0.15, 0.2) is 0 Å². The first-order valence-electron chi connectivity index (χ1n) is 12.6. The van der Waals surface area contributed by atoms with Crippen molar-refractivity contribution in [2.45, 2.75) is 45.6 Å². The van der Waals surface area contributed by atoms with E-state index < -0.39 is 0 Å². The minimum Gasteiger partial charge on any atom is -0.385 e. The SMILES string of the molecule is COCCCCN1CCN(C(=O)c2cc3c(cc2C)[nH]c(=O)c2cnn(CC4CCC4)c23)CC1. The Balaban J connectivity index is 1.39. The molecule has 0 radical (unpaired) electrons. The lowest BCUT2D eigenvalue weighted by Crippen LogP contribution is -2.49. The van der Waals surface area contributed by atoms with Gasteiger partial charge in [-0.1, -0.05) is 6.42 Å². The van der Waals surface area contributed by atoms with Crippen LogP contribution in [0.5, 0.6) is 0 Å². The third-order valence-electron chi connectivity index (χ3n) is 7.57. The highest BCUT2D eigenvalue weighted by Gasteiger charge is 2.25. The summed E-state index contributed by atoms with van der Waals surface area (Å²) in [7, 11) is 1.74. The molecule has 0 spiro atoms. The Bertz CT molecular complexity index is 1230. The minimum absolute atomic E-state index is 0.0721. The number of hydrogen-bond acceptors (Lipinski definition) is 5. The van der Waals surface area contributed by atoms with Crippen molar-refractivity contribution in [3.8, 4) is 0 Å². The van der Waals surface area contributed by atoms with Gasteiger partial charge in [-0.15, -0.1) is 0 Å². The second-order valence-electron chi connectivity index (χ2n) is 9.89. The summed E-state index contributed by atoms with van der Waals surface area (Å²) in [4.78, 5) is 33.6. The van der Waals surface area contributed by atoms with Crippen LogP contribution < -0.4 is 5.56 Å². The lowest BCUT2D eigenvalue weighted by Gasteiger charge is -2.35. The molecule has 182 valence electrons. The zero-order chi connectivity index (χ0) is 23.7. The van der Waals surface area contributed by atoms with E-state index in [0.717, 1.165) is 80.7 Å². The number of fused-ring (bicyclic) bond motifs is 3. The molecule has 1 N–H and O–H groups in total. The van der Waals surface area contributed by atoms with Crippen LogP contribution in [-0.4, -0.2) is 76.9 Å². The molecular weight excluding hydrogens is 430 g/mol. The number of rotatable bonds is 8. The number of nitrogens with zero attached hydrogens (tertiary/aromatic N) is 4. The molecule has 1 saturated heterocycles. The molecule has 0 unspecified atom stereocenters. The van der Waals surface area contributed by atoms with Crippen LogP contribution in [0.4, 0.5) is 0 Å². The normalized spacial score (nSPS) is 17.5. The lowest BCUT2D eigenvalue weighted by atomic mass is 9.85. The molecule has 0 atom stereocenters. The average Bonchev–Trinajstić information content (AvgIpc) is 3.24. The topological polar surface area (TPSA) is 83.5 Å². The number of carbonyl (C=O) groups excluding carboxylic acids is 1. The number of nitrogens with one attached hydrogen (secondary N) is 1. The van der Waals surface area contributed by atoms with Crippen molar-refractivity contribution >= 4 is 27.7 Å². The molecule has 3 aromatic rings. The summed E-state index contributed by atoms with van der Waals surface area (Å²) >= 11 is 0. The van der Waals surface area contributed by atoms with E-state index in [-0.39, 0.29) is 11.5 Å². The fraction of sp³-hybridized carbons (Fsp3) is 0.577. The maximum Gasteiger partial charge on any atom is 0.259 e. The van der Waals surface area contributed by atoms with Crippen LogP contribution in [0.1, 0.15) is 48.0 Å². The van der Waals surface area contributed by atoms with Gasteiger partial charge in [0.05, 0.1) is 22.6 Å². The molecule has 1 aliphatic carbocycles. The fourth-order valence-corrected chi connectivity index (χ4v) is 5.25. The van der Waals surface area contributed by atoms with Gasteiger partial charge in [0, 0.05) is 57.4 Å². The fourth-order valence-electron chi connectivity index (χ4n) is 5.25. The summed E-state index contributed by atoms with van der Waals surface area (Å²) in [5, 5.41) is 6.04. The molecule has 8 nitrogen and oxygen atoms in total. The summed E-state index contributed by atoms with van der Waals surface area (Å²) < 4.78 is 7.11. The van der Waals surface area contributed by atoms with Gasteiger partial charge in [-0.05, 0) is 62.8 Å². The molecule has 1 aliphatic heterocycles. The molecular formula is C26H35N5O3. The van der Waals surface area contributed by atoms with Crippen molar-refractivity contribution in [1.82, 2.24) is 24.6 Å². The van der Waals surface area contributed by atoms with Gasteiger partial charge in [-0.2, -0.15) is 5.10 Å². The molecule has 2 aliphatic rings. The van der Waals surface area contributed by atoms with Crippen molar-refractivity contribution in [2.75, 3.05) is 46.4 Å². The summed E-state index contributed by atoms with van der Waals surface area (Å²) in [5.41, 5.74) is 3.09. The molecule has 5 rings (SSSR count). The van der Waals surface area contributed by atoms with Crippen molar-refractivity contribution < 1.29 is 9.53 Å². The number of carbonyl (C=O) groups is 1. The summed E-state index contributed by atoms with van der Waals surface area (Å²) in [6.45, 7) is 7.91. The number of piperazine rings is 1. The minimum atomic E-state index is -0.123. The van der Waals surface area contributed by atoms with Crippen molar-refractivity contribution in [3.63, 3.8) is 0 Å². The largest absolute Gasteiger partial charge is 0.385 e. The van der Waals surface area contributed by atoms with E-state index in [1.54, 1.807) is 13.3 Å². The van der Waals surface area contributed by atoms with Gasteiger partial charge in [0.1, 0.15) is 0 Å². The van der Waals surface area contributed by atoms with Crippen molar-refractivity contribution in [1.29, 1.82) is 0 Å². The van der Waals surface area contributed by atoms with E-state index in [4.69, 9.17) is 4.74 Å². The average molecular weight is 466 g/mol. The van der Waals surface area contributed by atoms with Gasteiger partial charge >= 0.3 is 0 Å². The number of amides is 1. The van der Waals surface area contributed by atoms with Crippen LogP contribution in [0.15, 0.2) is 23.1 Å². The molecule has 3 heterocycles. The Morgan fingerprint density at radius 2 is 1.94 bits per heavy atom. The maximum atomic E-state index is 13.5. The summed E-state index contributed by atoms with van der Waals surface area (Å²) in [6, 6.07) is 3.91. The first-order valence-corrected chi connectivity index (χ1v) is 12.6. The van der Waals surface area contributed by atoms with Crippen LogP contribution >= 0.6 is 0 Å². The number of aryl methyl sites for hydroxylation is 1. The highest BCUT2D eigenvalue weighted by atomic mass is 16.5. The van der Waals surface area contributed by atoms with Gasteiger partial charge in [-0.3, -0.25) is 19.2 Å².